The summed E-state index contributed by atoms with van der Waals surface area (Å²) in [5.41, 5.74) is 0.383. The minimum Gasteiger partial charge on any atom is -0.449 e. The molecule has 3 aromatic rings. The first-order valence-corrected chi connectivity index (χ1v) is 16.6. The molecule has 0 fully saturated rings. The Kier molecular flexibility index (Phi) is 10.4. The minimum absolute atomic E-state index is 0.0138. The van der Waals surface area contributed by atoms with E-state index in [0.29, 0.717) is 12.1 Å². The fourth-order valence-corrected chi connectivity index (χ4v) is 6.65. The number of carbonyl (C=O) groups excluding carboxylic acids is 1. The maximum Gasteiger partial charge on any atom is 0.416 e. The standard InChI is InChI=1S/C29H31F9N6O4S/c1-4-26(39)15-22(21-14-17(27(30,31)32)6-7-23(21)44(26)25(45)48-5-2)24-40-42-43(41-24)9-8-20(49(3,46)47)12-16-10-18(28(33,34)35)13-19(11-16)29(36,37)38/h6-7,10-11,13-14,20,22H,4-5,8-9,12,15,39H2,1-3H3/t20?,22-,26+/m0/s1. The van der Waals surface area contributed by atoms with Crippen molar-refractivity contribution in [1.82, 2.24) is 20.2 Å². The number of amides is 1. The van der Waals surface area contributed by atoms with Crippen molar-refractivity contribution in [3.8, 4) is 0 Å². The quantitative estimate of drug-likeness (QED) is 0.253. The lowest BCUT2D eigenvalue weighted by Crippen LogP contribution is -2.61. The van der Waals surface area contributed by atoms with Gasteiger partial charge in [0.1, 0.15) is 5.66 Å². The van der Waals surface area contributed by atoms with Crippen LogP contribution in [0.1, 0.15) is 72.7 Å². The van der Waals surface area contributed by atoms with Gasteiger partial charge in [-0.2, -0.15) is 44.3 Å². The number of aryl methyl sites for hydroxylation is 1. The van der Waals surface area contributed by atoms with Crippen molar-refractivity contribution in [2.45, 2.75) is 81.4 Å². The van der Waals surface area contributed by atoms with Gasteiger partial charge in [0.15, 0.2) is 15.7 Å². The van der Waals surface area contributed by atoms with Crippen LogP contribution in [0.5, 0.6) is 0 Å². The van der Waals surface area contributed by atoms with Crippen LogP contribution in [0.15, 0.2) is 36.4 Å². The van der Waals surface area contributed by atoms with Gasteiger partial charge in [-0.3, -0.25) is 4.90 Å². The van der Waals surface area contributed by atoms with Gasteiger partial charge >= 0.3 is 24.6 Å². The molecule has 2 heterocycles. The summed E-state index contributed by atoms with van der Waals surface area (Å²) in [6.45, 7) is 2.80. The van der Waals surface area contributed by atoms with Gasteiger partial charge in [-0.25, -0.2) is 13.2 Å². The van der Waals surface area contributed by atoms with Crippen molar-refractivity contribution < 1.29 is 57.5 Å². The molecule has 1 aliphatic rings. The van der Waals surface area contributed by atoms with Gasteiger partial charge in [0.2, 0.25) is 0 Å². The Bertz CT molecular complexity index is 1760. The summed E-state index contributed by atoms with van der Waals surface area (Å²) >= 11 is 0. The Hall–Kier alpha value is -3.94. The molecule has 1 amide bonds. The molecular formula is C29H31F9N6O4S. The molecule has 2 aromatic carbocycles. The first-order chi connectivity index (χ1) is 22.5. The van der Waals surface area contributed by atoms with Crippen LogP contribution in [0.3, 0.4) is 0 Å². The molecule has 0 saturated carbocycles. The molecule has 1 aromatic heterocycles. The van der Waals surface area contributed by atoms with E-state index in [1.54, 1.807) is 13.8 Å². The maximum absolute atomic E-state index is 13.7. The van der Waals surface area contributed by atoms with E-state index in [1.807, 2.05) is 0 Å². The van der Waals surface area contributed by atoms with E-state index >= 15 is 0 Å². The van der Waals surface area contributed by atoms with Crippen LogP contribution in [0.2, 0.25) is 0 Å². The largest absolute Gasteiger partial charge is 0.449 e. The predicted octanol–water partition coefficient (Wildman–Crippen LogP) is 6.34. The molecule has 0 radical (unpaired) electrons. The van der Waals surface area contributed by atoms with Crippen molar-refractivity contribution in [1.29, 1.82) is 0 Å². The first kappa shape index (κ1) is 37.9. The zero-order valence-corrected chi connectivity index (χ0v) is 26.9. The minimum atomic E-state index is -5.14. The molecule has 10 nitrogen and oxygen atoms in total. The number of fused-ring (bicyclic) bond motifs is 1. The zero-order valence-electron chi connectivity index (χ0n) is 26.1. The zero-order chi connectivity index (χ0) is 36.7. The Labute approximate surface area is 274 Å². The van der Waals surface area contributed by atoms with Crippen molar-refractivity contribution in [2.75, 3.05) is 17.8 Å². The molecule has 3 atom stereocenters. The number of ether oxygens (including phenoxy) is 1. The summed E-state index contributed by atoms with van der Waals surface area (Å²) in [4.78, 5) is 14.9. The number of halogens is 9. The van der Waals surface area contributed by atoms with Gasteiger partial charge < -0.3 is 10.5 Å². The lowest BCUT2D eigenvalue weighted by atomic mass is 9.80. The number of hydrogen-bond acceptors (Lipinski definition) is 8. The second kappa shape index (κ2) is 13.4. The van der Waals surface area contributed by atoms with Crippen LogP contribution in [-0.2, 0) is 46.1 Å². The topological polar surface area (TPSA) is 133 Å². The highest BCUT2D eigenvalue weighted by Crippen LogP contribution is 2.47. The van der Waals surface area contributed by atoms with Gasteiger partial charge in [0.05, 0.1) is 46.7 Å². The molecule has 0 bridgehead atoms. The average molecular weight is 731 g/mol. The predicted molar refractivity (Wildman–Crippen MR) is 156 cm³/mol. The highest BCUT2D eigenvalue weighted by molar-refractivity contribution is 7.91. The first-order valence-electron chi connectivity index (χ1n) is 14.7. The normalized spacial score (nSPS) is 19.4. The molecule has 4 rings (SSSR count). The van der Waals surface area contributed by atoms with Crippen molar-refractivity contribution in [3.63, 3.8) is 0 Å². The Balaban J connectivity index is 1.67. The van der Waals surface area contributed by atoms with Crippen LogP contribution in [0, 0.1) is 0 Å². The molecule has 0 saturated heterocycles. The van der Waals surface area contributed by atoms with Crippen LogP contribution in [0.4, 0.5) is 50.0 Å². The van der Waals surface area contributed by atoms with E-state index < -0.39 is 80.0 Å². The highest BCUT2D eigenvalue weighted by atomic mass is 32.2. The summed E-state index contributed by atoms with van der Waals surface area (Å²) in [5, 5.41) is 10.5. The Morgan fingerprint density at radius 3 is 2.08 bits per heavy atom. The van der Waals surface area contributed by atoms with Gasteiger partial charge in [-0.1, -0.05) is 6.92 Å². The van der Waals surface area contributed by atoms with Gasteiger partial charge in [0.25, 0.3) is 0 Å². The van der Waals surface area contributed by atoms with Crippen molar-refractivity contribution >= 4 is 21.6 Å². The number of sulfone groups is 1. The van der Waals surface area contributed by atoms with Crippen LogP contribution < -0.4 is 10.6 Å². The molecule has 20 heteroatoms. The molecule has 1 unspecified atom stereocenters. The number of anilines is 1. The van der Waals surface area contributed by atoms with Crippen molar-refractivity contribution in [2.24, 2.45) is 5.73 Å². The SMILES string of the molecule is CCOC(=O)N1c2ccc(C(F)(F)F)cc2[C@@H](c2nnn(CCC(Cc3cc(C(F)(F)F)cc(C(F)(F)F)c3)S(C)(=O)=O)n2)C[C@@]1(N)CC. The van der Waals surface area contributed by atoms with E-state index in [0.717, 1.165) is 34.2 Å². The number of hydrogen-bond donors (Lipinski definition) is 1. The molecular weight excluding hydrogens is 699 g/mol. The number of nitrogens with two attached hydrogens (primary N) is 1. The van der Waals surface area contributed by atoms with Crippen molar-refractivity contribution in [3.05, 3.63) is 70.0 Å². The van der Waals surface area contributed by atoms with Gasteiger partial charge in [0, 0.05) is 6.26 Å². The lowest BCUT2D eigenvalue weighted by Gasteiger charge is -2.46. The third-order valence-corrected chi connectivity index (χ3v) is 9.80. The Morgan fingerprint density at radius 2 is 1.57 bits per heavy atom. The third-order valence-electron chi connectivity index (χ3n) is 8.18. The molecule has 0 aliphatic carbocycles. The molecule has 2 N–H and O–H groups in total. The summed E-state index contributed by atoms with van der Waals surface area (Å²) in [5.74, 6) is -1.17. The summed E-state index contributed by atoms with van der Waals surface area (Å²) in [6.07, 6.45) is -16.3. The third kappa shape index (κ3) is 8.45. The molecule has 270 valence electrons. The van der Waals surface area contributed by atoms with Gasteiger partial charge in [-0.15, -0.1) is 10.2 Å². The molecule has 49 heavy (non-hydrogen) atoms. The van der Waals surface area contributed by atoms with Crippen LogP contribution in [0.25, 0.3) is 0 Å². The van der Waals surface area contributed by atoms with Crippen LogP contribution >= 0.6 is 0 Å². The average Bonchev–Trinajstić information content (AvgIpc) is 3.45. The maximum atomic E-state index is 13.7. The second-order valence-electron chi connectivity index (χ2n) is 11.6. The number of carbonyl (C=O) groups is 1. The fourth-order valence-electron chi connectivity index (χ4n) is 5.63. The lowest BCUT2D eigenvalue weighted by molar-refractivity contribution is -0.143. The van der Waals surface area contributed by atoms with Gasteiger partial charge in [-0.05, 0) is 85.3 Å². The number of aromatic nitrogens is 4. The second-order valence-corrected chi connectivity index (χ2v) is 13.9. The fraction of sp³-hybridized carbons (Fsp3) is 0.517. The number of benzene rings is 2. The van der Waals surface area contributed by atoms with E-state index in [4.69, 9.17) is 10.5 Å². The summed E-state index contributed by atoms with van der Waals surface area (Å²) < 4.78 is 152. The molecule has 0 spiro atoms. The Morgan fingerprint density at radius 1 is 0.980 bits per heavy atom. The molecule has 1 aliphatic heterocycles. The smallest absolute Gasteiger partial charge is 0.416 e. The monoisotopic (exact) mass is 730 g/mol. The van der Waals surface area contributed by atoms with Crippen LogP contribution in [-0.4, -0.2) is 58.5 Å². The number of tetrazole rings is 1. The van der Waals surface area contributed by atoms with E-state index in [-0.39, 0.29) is 55.6 Å². The van der Waals surface area contributed by atoms with E-state index in [9.17, 15) is 52.7 Å². The number of alkyl halides is 9. The summed E-state index contributed by atoms with van der Waals surface area (Å²) in [7, 11) is -4.06. The number of nitrogens with zero attached hydrogens (tertiary/aromatic N) is 5. The number of rotatable bonds is 9. The van der Waals surface area contributed by atoms with E-state index in [1.165, 1.54) is 0 Å². The van der Waals surface area contributed by atoms with E-state index in [2.05, 4.69) is 15.4 Å². The highest BCUT2D eigenvalue weighted by Gasteiger charge is 2.47. The summed E-state index contributed by atoms with van der Waals surface area (Å²) in [6, 6.07) is 3.51.